The lowest BCUT2D eigenvalue weighted by Crippen LogP contribution is -2.41. The van der Waals surface area contributed by atoms with Crippen molar-refractivity contribution in [2.75, 3.05) is 5.94 Å². The van der Waals surface area contributed by atoms with Crippen molar-refractivity contribution in [3.8, 4) is 5.75 Å². The summed E-state index contributed by atoms with van der Waals surface area (Å²) >= 11 is 4.10. The molecule has 0 bridgehead atoms. The van der Waals surface area contributed by atoms with Gasteiger partial charge in [0.25, 0.3) is 0 Å². The molecule has 0 N–H and O–H groups in total. The van der Waals surface area contributed by atoms with Gasteiger partial charge in [0.1, 0.15) is 5.75 Å². The minimum Gasteiger partial charge on any atom is -0.482 e. The Bertz CT molecular complexity index is 446. The fourth-order valence-electron chi connectivity index (χ4n) is 2.79. The van der Waals surface area contributed by atoms with Crippen molar-refractivity contribution in [2.45, 2.75) is 31.0 Å². The first-order valence-electron chi connectivity index (χ1n) is 5.82. The molecule has 17 heavy (non-hydrogen) atoms. The van der Waals surface area contributed by atoms with E-state index in [0.717, 1.165) is 17.7 Å². The monoisotopic (exact) mass is 250 g/mol. The fraction of sp³-hybridized carbons (Fsp3) is 0.462. The van der Waals surface area contributed by atoms with E-state index in [1.807, 2.05) is 24.3 Å². The van der Waals surface area contributed by atoms with Crippen molar-refractivity contribution in [3.05, 3.63) is 29.8 Å². The number of fused-ring (bicyclic) bond motifs is 3. The molecule has 1 fully saturated rings. The molecule has 0 radical (unpaired) electrons. The molecule has 0 saturated heterocycles. The van der Waals surface area contributed by atoms with E-state index in [2.05, 4.69) is 12.6 Å². The topological polar surface area (TPSA) is 35.5 Å². The van der Waals surface area contributed by atoms with Gasteiger partial charge in [0, 0.05) is 12.0 Å². The van der Waals surface area contributed by atoms with Crippen molar-refractivity contribution in [3.63, 3.8) is 0 Å². The number of benzene rings is 1. The highest BCUT2D eigenvalue weighted by Crippen LogP contribution is 2.45. The summed E-state index contributed by atoms with van der Waals surface area (Å²) in [6.45, 7) is 0. The number of para-hydroxylation sites is 1. The Morgan fingerprint density at radius 3 is 3.06 bits per heavy atom. The smallest absolute Gasteiger partial charge is 0.174 e. The molecule has 90 valence electrons. The van der Waals surface area contributed by atoms with Crippen LogP contribution in [0, 0.1) is 0 Å². The third kappa shape index (κ3) is 1.76. The van der Waals surface area contributed by atoms with Gasteiger partial charge in [0.05, 0.1) is 18.0 Å². The van der Waals surface area contributed by atoms with Crippen LogP contribution in [0.5, 0.6) is 5.75 Å². The highest BCUT2D eigenvalue weighted by Gasteiger charge is 2.46. The van der Waals surface area contributed by atoms with Gasteiger partial charge >= 0.3 is 0 Å². The quantitative estimate of drug-likeness (QED) is 0.645. The highest BCUT2D eigenvalue weighted by molar-refractivity contribution is 7.80. The van der Waals surface area contributed by atoms with E-state index in [9.17, 15) is 4.79 Å². The molecular formula is C13H14O3S. The van der Waals surface area contributed by atoms with Gasteiger partial charge in [-0.05, 0) is 12.5 Å². The summed E-state index contributed by atoms with van der Waals surface area (Å²) in [5, 5.41) is 0. The average Bonchev–Trinajstić information content (AvgIpc) is 2.73. The standard InChI is InChI=1S/C13H14O3S/c14-9-5-6-11(15-7-17)12-8-3-1-2-4-10(8)16-13(9)12/h1-4,11-13,17H,5-7H2. The molecule has 1 aliphatic heterocycles. The van der Waals surface area contributed by atoms with E-state index >= 15 is 0 Å². The summed E-state index contributed by atoms with van der Waals surface area (Å²) in [6, 6.07) is 7.84. The van der Waals surface area contributed by atoms with Gasteiger partial charge in [-0.15, -0.1) is 0 Å². The van der Waals surface area contributed by atoms with E-state index in [4.69, 9.17) is 9.47 Å². The second-order valence-electron chi connectivity index (χ2n) is 4.44. The third-order valence-corrected chi connectivity index (χ3v) is 3.69. The Morgan fingerprint density at radius 1 is 1.41 bits per heavy atom. The van der Waals surface area contributed by atoms with Crippen molar-refractivity contribution >= 4 is 18.4 Å². The van der Waals surface area contributed by atoms with E-state index in [1.165, 1.54) is 0 Å². The van der Waals surface area contributed by atoms with Crippen LogP contribution in [0.2, 0.25) is 0 Å². The van der Waals surface area contributed by atoms with Gasteiger partial charge in [0.15, 0.2) is 11.9 Å². The van der Waals surface area contributed by atoms with Gasteiger partial charge in [-0.3, -0.25) is 4.79 Å². The molecule has 0 amide bonds. The molecule has 3 unspecified atom stereocenters. The number of thiol groups is 1. The molecular weight excluding hydrogens is 236 g/mol. The number of ether oxygens (including phenoxy) is 2. The zero-order valence-corrected chi connectivity index (χ0v) is 10.2. The van der Waals surface area contributed by atoms with Crippen LogP contribution in [0.15, 0.2) is 24.3 Å². The first-order valence-corrected chi connectivity index (χ1v) is 6.45. The molecule has 2 aliphatic rings. The maximum Gasteiger partial charge on any atom is 0.174 e. The van der Waals surface area contributed by atoms with E-state index in [0.29, 0.717) is 12.4 Å². The Hall–Kier alpha value is -1.00. The molecule has 1 aliphatic carbocycles. The van der Waals surface area contributed by atoms with E-state index < -0.39 is 0 Å². The van der Waals surface area contributed by atoms with Crippen LogP contribution in [-0.4, -0.2) is 23.9 Å². The number of hydrogen-bond acceptors (Lipinski definition) is 4. The Balaban J connectivity index is 1.98. The van der Waals surface area contributed by atoms with Gasteiger partial charge in [-0.1, -0.05) is 18.2 Å². The zero-order chi connectivity index (χ0) is 11.8. The number of carbonyl (C=O) groups is 1. The lowest BCUT2D eigenvalue weighted by atomic mass is 9.80. The molecule has 0 aromatic heterocycles. The molecule has 1 aromatic carbocycles. The minimum absolute atomic E-state index is 0.0406. The summed E-state index contributed by atoms with van der Waals surface area (Å²) in [5.41, 5.74) is 1.09. The SMILES string of the molecule is O=C1CCC(OCS)C2c3ccccc3OC12. The lowest BCUT2D eigenvalue weighted by molar-refractivity contribution is -0.131. The highest BCUT2D eigenvalue weighted by atomic mass is 32.1. The van der Waals surface area contributed by atoms with Crippen LogP contribution >= 0.6 is 12.6 Å². The minimum atomic E-state index is -0.356. The maximum atomic E-state index is 11.9. The van der Waals surface area contributed by atoms with Crippen molar-refractivity contribution in [1.82, 2.24) is 0 Å². The van der Waals surface area contributed by atoms with E-state index in [1.54, 1.807) is 0 Å². The van der Waals surface area contributed by atoms with Crippen LogP contribution in [0.3, 0.4) is 0 Å². The lowest BCUT2D eigenvalue weighted by Gasteiger charge is -2.31. The molecule has 3 rings (SSSR count). The number of rotatable bonds is 2. The van der Waals surface area contributed by atoms with Crippen LogP contribution < -0.4 is 4.74 Å². The van der Waals surface area contributed by atoms with Crippen molar-refractivity contribution < 1.29 is 14.3 Å². The van der Waals surface area contributed by atoms with Crippen LogP contribution in [0.25, 0.3) is 0 Å². The first-order chi connectivity index (χ1) is 8.31. The second-order valence-corrected chi connectivity index (χ2v) is 4.70. The van der Waals surface area contributed by atoms with Crippen LogP contribution in [0.4, 0.5) is 0 Å². The Labute approximate surface area is 106 Å². The van der Waals surface area contributed by atoms with E-state index in [-0.39, 0.29) is 23.9 Å². The first kappa shape index (κ1) is 11.1. The van der Waals surface area contributed by atoms with Crippen LogP contribution in [-0.2, 0) is 9.53 Å². The average molecular weight is 250 g/mol. The molecule has 1 aromatic rings. The summed E-state index contributed by atoms with van der Waals surface area (Å²) < 4.78 is 11.4. The fourth-order valence-corrected chi connectivity index (χ4v) is 2.98. The molecule has 0 spiro atoms. The third-order valence-electron chi connectivity index (χ3n) is 3.54. The normalized spacial score (nSPS) is 30.6. The van der Waals surface area contributed by atoms with Gasteiger partial charge < -0.3 is 9.47 Å². The predicted molar refractivity (Wildman–Crippen MR) is 66.6 cm³/mol. The zero-order valence-electron chi connectivity index (χ0n) is 9.33. The molecule has 1 saturated carbocycles. The summed E-state index contributed by atoms with van der Waals surface area (Å²) in [6.07, 6.45) is 0.983. The molecule has 3 atom stereocenters. The number of carbonyl (C=O) groups excluding carboxylic acids is 1. The maximum absolute atomic E-state index is 11.9. The van der Waals surface area contributed by atoms with Crippen molar-refractivity contribution in [1.29, 1.82) is 0 Å². The number of Topliss-reactive ketones (excluding diaryl/α,β-unsaturated/α-hetero) is 1. The Morgan fingerprint density at radius 2 is 2.24 bits per heavy atom. The summed E-state index contributed by atoms with van der Waals surface area (Å²) in [4.78, 5) is 11.9. The molecule has 1 heterocycles. The van der Waals surface area contributed by atoms with Gasteiger partial charge in [-0.2, -0.15) is 12.6 Å². The largest absolute Gasteiger partial charge is 0.482 e. The van der Waals surface area contributed by atoms with Crippen LogP contribution in [0.1, 0.15) is 24.3 Å². The predicted octanol–water partition coefficient (Wildman–Crippen LogP) is 2.17. The van der Waals surface area contributed by atoms with Gasteiger partial charge in [-0.25, -0.2) is 0 Å². The van der Waals surface area contributed by atoms with Crippen molar-refractivity contribution in [2.24, 2.45) is 0 Å². The number of hydrogen-bond donors (Lipinski definition) is 1. The number of ketones is 1. The second kappa shape index (κ2) is 4.35. The molecule has 3 nitrogen and oxygen atoms in total. The molecule has 4 heteroatoms. The summed E-state index contributed by atoms with van der Waals surface area (Å²) in [5.74, 6) is 1.43. The summed E-state index contributed by atoms with van der Waals surface area (Å²) in [7, 11) is 0. The van der Waals surface area contributed by atoms with Gasteiger partial charge in [0.2, 0.25) is 0 Å². The Kier molecular flexibility index (Phi) is 2.84.